The van der Waals surface area contributed by atoms with Crippen molar-refractivity contribution in [3.8, 4) is 17.4 Å². The van der Waals surface area contributed by atoms with Crippen molar-refractivity contribution in [2.45, 2.75) is 98.2 Å². The van der Waals surface area contributed by atoms with E-state index in [1.54, 1.807) is 0 Å². The molecule has 0 aromatic heterocycles. The molecule has 1 aromatic carbocycles. The molecule has 0 saturated heterocycles. The first kappa shape index (κ1) is 21.8. The number of hydrogen-bond acceptors (Lipinski definition) is 1. The van der Waals surface area contributed by atoms with Gasteiger partial charge in [-0.1, -0.05) is 98.6 Å². The number of aryl methyl sites for hydroxylation is 1. The van der Waals surface area contributed by atoms with E-state index in [0.29, 0.717) is 0 Å². The Morgan fingerprint density at radius 3 is 1.52 bits per heavy atom. The van der Waals surface area contributed by atoms with Crippen LogP contribution < -0.4 is 4.74 Å². The third-order valence-electron chi connectivity index (χ3n) is 5.24. The van der Waals surface area contributed by atoms with Gasteiger partial charge in [-0.25, -0.2) is 0 Å². The topological polar surface area (TPSA) is 9.23 Å². The highest BCUT2D eigenvalue weighted by Gasteiger charge is 2.34. The van der Waals surface area contributed by atoms with Crippen LogP contribution >= 0.6 is 0 Å². The highest BCUT2D eigenvalue weighted by Crippen LogP contribution is 2.41. The summed E-state index contributed by atoms with van der Waals surface area (Å²) in [5.74, 6) is 0.955. The van der Waals surface area contributed by atoms with Crippen LogP contribution in [0.4, 0.5) is 0 Å². The molecular weight excluding hydrogens is 320 g/mol. The van der Waals surface area contributed by atoms with Gasteiger partial charge in [0.1, 0.15) is 19.9 Å². The van der Waals surface area contributed by atoms with Gasteiger partial charge in [-0.05, 0) is 22.8 Å². The molecule has 140 valence electrons. The van der Waals surface area contributed by atoms with E-state index in [0.717, 1.165) is 5.75 Å². The van der Waals surface area contributed by atoms with Crippen molar-refractivity contribution in [2.75, 3.05) is 0 Å². The molecule has 0 aliphatic heterocycles. The second-order valence-electron chi connectivity index (χ2n) is 10.9. The summed E-state index contributed by atoms with van der Waals surface area (Å²) in [6.45, 7) is 27.1. The molecule has 0 bridgehead atoms. The Labute approximate surface area is 157 Å². The van der Waals surface area contributed by atoms with E-state index < -0.39 is 8.07 Å². The second kappa shape index (κ2) is 6.84. The molecule has 0 spiro atoms. The maximum Gasteiger partial charge on any atom is 0.147 e. The van der Waals surface area contributed by atoms with Gasteiger partial charge in [-0.2, -0.15) is 0 Å². The fraction of sp³-hybridized carbons (Fsp3) is 0.652. The Kier molecular flexibility index (Phi) is 5.97. The highest BCUT2D eigenvalue weighted by atomic mass is 28.3. The molecule has 0 radical (unpaired) electrons. The quantitative estimate of drug-likeness (QED) is 0.389. The first-order chi connectivity index (χ1) is 11.0. The summed E-state index contributed by atoms with van der Waals surface area (Å²) in [4.78, 5) is 0. The van der Waals surface area contributed by atoms with Crippen molar-refractivity contribution >= 4 is 8.07 Å². The van der Waals surface area contributed by atoms with Gasteiger partial charge in [0.15, 0.2) is 0 Å². The van der Waals surface area contributed by atoms with E-state index >= 15 is 0 Å². The van der Waals surface area contributed by atoms with Crippen LogP contribution in [0, 0.1) is 18.6 Å². The molecule has 2 heteroatoms. The Bertz CT molecular complexity index is 645. The third kappa shape index (κ3) is 5.38. The van der Waals surface area contributed by atoms with Crippen molar-refractivity contribution in [2.24, 2.45) is 0 Å². The Morgan fingerprint density at radius 1 is 0.800 bits per heavy atom. The molecule has 1 nitrogen and oxygen atoms in total. The molecule has 0 unspecified atom stereocenters. The van der Waals surface area contributed by atoms with Gasteiger partial charge in [0, 0.05) is 11.1 Å². The number of benzene rings is 1. The lowest BCUT2D eigenvalue weighted by molar-refractivity contribution is 0.455. The summed E-state index contributed by atoms with van der Waals surface area (Å²) in [7, 11) is -1.68. The van der Waals surface area contributed by atoms with Crippen LogP contribution in [0.3, 0.4) is 0 Å². The molecule has 25 heavy (non-hydrogen) atoms. The zero-order valence-electron chi connectivity index (χ0n) is 18.6. The minimum absolute atomic E-state index is 0.0139. The van der Waals surface area contributed by atoms with Crippen molar-refractivity contribution < 1.29 is 4.74 Å². The molecule has 0 fully saturated rings. The summed E-state index contributed by atoms with van der Waals surface area (Å²) in [6, 6.07) is 4.50. The van der Waals surface area contributed by atoms with E-state index in [4.69, 9.17) is 4.74 Å². The molecule has 0 N–H and O–H groups in total. The van der Waals surface area contributed by atoms with Gasteiger partial charge in [0.05, 0.1) is 0 Å². The van der Waals surface area contributed by atoms with Crippen molar-refractivity contribution in [3.05, 3.63) is 28.8 Å². The van der Waals surface area contributed by atoms with Crippen molar-refractivity contribution in [3.63, 3.8) is 0 Å². The number of hydrogen-bond donors (Lipinski definition) is 0. The largest absolute Gasteiger partial charge is 0.408 e. The van der Waals surface area contributed by atoms with E-state index in [9.17, 15) is 0 Å². The van der Waals surface area contributed by atoms with E-state index in [-0.39, 0.29) is 15.9 Å². The molecule has 0 aliphatic rings. The standard InChI is InChI=1S/C23H38OSi/c1-17-15-18(21(2,3)4)20(19(16-17)22(5,6)7)24-13-14-25(11,12)23(8,9)10/h15-16H,1-12H3. The van der Waals surface area contributed by atoms with Gasteiger partial charge >= 0.3 is 0 Å². The fourth-order valence-electron chi connectivity index (χ4n) is 2.39. The van der Waals surface area contributed by atoms with E-state index in [1.807, 2.05) is 0 Å². The lowest BCUT2D eigenvalue weighted by Crippen LogP contribution is -2.35. The van der Waals surface area contributed by atoms with Crippen LogP contribution in [0.1, 0.15) is 79.0 Å². The van der Waals surface area contributed by atoms with Crippen LogP contribution in [0.5, 0.6) is 5.75 Å². The molecule has 0 saturated carbocycles. The van der Waals surface area contributed by atoms with Crippen LogP contribution in [0.15, 0.2) is 12.1 Å². The summed E-state index contributed by atoms with van der Waals surface area (Å²) in [5, 5.41) is 0.232. The normalized spacial score (nSPS) is 13.3. The van der Waals surface area contributed by atoms with Gasteiger partial charge in [0.2, 0.25) is 0 Å². The maximum atomic E-state index is 6.18. The van der Waals surface area contributed by atoms with Crippen LogP contribution in [0.2, 0.25) is 18.1 Å². The van der Waals surface area contributed by atoms with Crippen molar-refractivity contribution in [1.29, 1.82) is 0 Å². The molecule has 1 aromatic rings. The summed E-state index contributed by atoms with van der Waals surface area (Å²) >= 11 is 0. The zero-order valence-corrected chi connectivity index (χ0v) is 19.6. The fourth-order valence-corrected chi connectivity index (χ4v) is 3.07. The molecular formula is C23H38OSi. The predicted molar refractivity (Wildman–Crippen MR) is 114 cm³/mol. The Balaban J connectivity index is 3.50. The lowest BCUT2D eigenvalue weighted by Gasteiger charge is -2.31. The lowest BCUT2D eigenvalue weighted by atomic mass is 9.78. The Morgan fingerprint density at radius 2 is 1.20 bits per heavy atom. The van der Waals surface area contributed by atoms with Crippen LogP contribution in [-0.4, -0.2) is 8.07 Å². The minimum Gasteiger partial charge on any atom is -0.408 e. The van der Waals surface area contributed by atoms with E-state index in [1.165, 1.54) is 16.7 Å². The zero-order chi connectivity index (χ0) is 19.8. The van der Waals surface area contributed by atoms with Gasteiger partial charge in [-0.15, -0.1) is 0 Å². The second-order valence-corrected chi connectivity index (χ2v) is 15.9. The summed E-state index contributed by atoms with van der Waals surface area (Å²) in [6.07, 6.45) is 3.10. The first-order valence-electron chi connectivity index (χ1n) is 9.31. The molecule has 0 heterocycles. The monoisotopic (exact) mass is 358 g/mol. The first-order valence-corrected chi connectivity index (χ1v) is 12.3. The molecule has 0 aliphatic carbocycles. The van der Waals surface area contributed by atoms with Crippen molar-refractivity contribution in [1.82, 2.24) is 0 Å². The van der Waals surface area contributed by atoms with Crippen LogP contribution in [0.25, 0.3) is 0 Å². The van der Waals surface area contributed by atoms with Gasteiger partial charge < -0.3 is 4.74 Å². The smallest absolute Gasteiger partial charge is 0.147 e. The number of rotatable bonds is 1. The molecule has 0 atom stereocenters. The average molecular weight is 359 g/mol. The summed E-state index contributed by atoms with van der Waals surface area (Å²) < 4.78 is 6.18. The van der Waals surface area contributed by atoms with Gasteiger partial charge in [-0.3, -0.25) is 0 Å². The van der Waals surface area contributed by atoms with Gasteiger partial charge in [0.25, 0.3) is 0 Å². The Hall–Kier alpha value is -1.20. The van der Waals surface area contributed by atoms with Crippen LogP contribution in [-0.2, 0) is 10.8 Å². The highest BCUT2D eigenvalue weighted by molar-refractivity contribution is 6.87. The molecule has 1 rings (SSSR count). The summed E-state index contributed by atoms with van der Waals surface area (Å²) in [5.41, 5.74) is 7.27. The predicted octanol–water partition coefficient (Wildman–Crippen LogP) is 6.98. The third-order valence-corrected chi connectivity index (χ3v) is 9.72. The van der Waals surface area contributed by atoms with E-state index in [2.05, 4.69) is 106 Å². The minimum atomic E-state index is -1.68. The SMILES string of the molecule is Cc1cc(C(C)(C)C)c(OC#C[Si](C)(C)C(C)(C)C)c(C(C)(C)C)c1. The average Bonchev–Trinajstić information content (AvgIpc) is 2.35. The maximum absolute atomic E-state index is 6.18. The number of ether oxygens (including phenoxy) is 1. The molecule has 0 amide bonds.